The molecule has 0 saturated heterocycles. The van der Waals surface area contributed by atoms with Gasteiger partial charge in [0, 0.05) is 18.5 Å². The molecule has 0 heterocycles. The summed E-state index contributed by atoms with van der Waals surface area (Å²) >= 11 is 0. The van der Waals surface area contributed by atoms with Gasteiger partial charge in [-0.3, -0.25) is 28.8 Å². The van der Waals surface area contributed by atoms with Crippen molar-refractivity contribution in [1.82, 2.24) is 16.0 Å². The minimum atomic E-state index is -1.89. The molecule has 0 aromatic heterocycles. The Labute approximate surface area is 276 Å². The normalized spacial score (nSPS) is 14.0. The van der Waals surface area contributed by atoms with E-state index in [1.165, 1.54) is 24.3 Å². The Balaban J connectivity index is 2.30. The first-order chi connectivity index (χ1) is 22.6. The van der Waals surface area contributed by atoms with E-state index in [0.717, 1.165) is 0 Å². The molecule has 16 nitrogen and oxygen atoms in total. The molecule has 2 rings (SSSR count). The number of amides is 4. The van der Waals surface area contributed by atoms with Gasteiger partial charge >= 0.3 is 17.9 Å². The zero-order valence-corrected chi connectivity index (χ0v) is 26.4. The summed E-state index contributed by atoms with van der Waals surface area (Å²) in [7, 11) is 0. The highest BCUT2D eigenvalue weighted by molar-refractivity contribution is 5.97. The number of aliphatic hydroxyl groups is 1. The smallest absolute Gasteiger partial charge is 0.335 e. The van der Waals surface area contributed by atoms with Crippen molar-refractivity contribution in [2.75, 3.05) is 5.32 Å². The summed E-state index contributed by atoms with van der Waals surface area (Å²) in [6, 6.07) is 8.49. The molecule has 0 spiro atoms. The van der Waals surface area contributed by atoms with E-state index in [1.54, 1.807) is 44.2 Å². The molecule has 16 heteroatoms. The summed E-state index contributed by atoms with van der Waals surface area (Å²) in [5, 5.41) is 48.3. The van der Waals surface area contributed by atoms with Crippen molar-refractivity contribution in [1.29, 1.82) is 0 Å². The third-order valence-electron chi connectivity index (χ3n) is 7.19. The predicted molar refractivity (Wildman–Crippen MR) is 171 cm³/mol. The number of rotatable bonds is 19. The molecule has 260 valence electrons. The molecule has 0 unspecified atom stereocenters. The summed E-state index contributed by atoms with van der Waals surface area (Å²) in [4.78, 5) is 86.1. The molecule has 10 N–H and O–H groups in total. The number of aliphatic carboxylic acids is 2. The van der Waals surface area contributed by atoms with Crippen molar-refractivity contribution >= 4 is 47.2 Å². The average Bonchev–Trinajstić information content (AvgIpc) is 3.03. The number of carbonyl (C=O) groups excluding carboxylic acids is 4. The van der Waals surface area contributed by atoms with E-state index < -0.39 is 90.6 Å². The Bertz CT molecular complexity index is 1470. The molecule has 0 fully saturated rings. The number of nitrogens with one attached hydrogen (secondary N) is 4. The molecular formula is C32H41N5O11. The molecule has 48 heavy (non-hydrogen) atoms. The van der Waals surface area contributed by atoms with Gasteiger partial charge in [0.05, 0.1) is 17.6 Å². The number of aromatic carboxylic acids is 1. The monoisotopic (exact) mass is 671 g/mol. The van der Waals surface area contributed by atoms with Crippen LogP contribution in [0.4, 0.5) is 5.69 Å². The summed E-state index contributed by atoms with van der Waals surface area (Å²) in [5.74, 6) is -7.79. The van der Waals surface area contributed by atoms with Crippen LogP contribution >= 0.6 is 0 Å². The number of nitrogens with two attached hydrogens (primary N) is 1. The number of carbonyl (C=O) groups is 7. The van der Waals surface area contributed by atoms with Crippen molar-refractivity contribution in [2.45, 2.75) is 76.2 Å². The molecule has 2 aromatic carbocycles. The highest BCUT2D eigenvalue weighted by Gasteiger charge is 2.34. The molecular weight excluding hydrogens is 630 g/mol. The van der Waals surface area contributed by atoms with Crippen LogP contribution < -0.4 is 27.0 Å². The maximum Gasteiger partial charge on any atom is 0.335 e. The topological polar surface area (TPSA) is 275 Å². The van der Waals surface area contributed by atoms with Gasteiger partial charge in [0.25, 0.3) is 5.91 Å². The Hall–Kier alpha value is -5.35. The summed E-state index contributed by atoms with van der Waals surface area (Å²) < 4.78 is 0. The molecule has 0 aliphatic carbocycles. The van der Waals surface area contributed by atoms with E-state index in [0.29, 0.717) is 5.56 Å². The summed E-state index contributed by atoms with van der Waals surface area (Å²) in [6.45, 7) is 3.19. The van der Waals surface area contributed by atoms with Gasteiger partial charge in [0.15, 0.2) is 6.10 Å². The van der Waals surface area contributed by atoms with Crippen LogP contribution in [0.25, 0.3) is 0 Å². The second-order valence-electron chi connectivity index (χ2n) is 11.4. The lowest BCUT2D eigenvalue weighted by molar-refractivity contribution is -0.138. The van der Waals surface area contributed by atoms with Crippen molar-refractivity contribution in [3.63, 3.8) is 0 Å². The van der Waals surface area contributed by atoms with E-state index in [4.69, 9.17) is 10.8 Å². The molecule has 0 bridgehead atoms. The second kappa shape index (κ2) is 18.7. The van der Waals surface area contributed by atoms with Gasteiger partial charge < -0.3 is 47.4 Å². The Morgan fingerprint density at radius 1 is 0.729 bits per heavy atom. The van der Waals surface area contributed by atoms with Crippen LogP contribution in [0, 0.1) is 5.92 Å². The Kier molecular flexibility index (Phi) is 15.1. The quantitative estimate of drug-likeness (QED) is 0.0962. The molecule has 5 atom stereocenters. The third kappa shape index (κ3) is 12.8. The van der Waals surface area contributed by atoms with Crippen molar-refractivity contribution in [2.24, 2.45) is 11.7 Å². The number of benzene rings is 2. The van der Waals surface area contributed by atoms with E-state index in [1.807, 2.05) is 0 Å². The minimum Gasteiger partial charge on any atom is -0.481 e. The van der Waals surface area contributed by atoms with Crippen LogP contribution in [0.2, 0.25) is 0 Å². The van der Waals surface area contributed by atoms with E-state index in [2.05, 4.69) is 21.3 Å². The Morgan fingerprint density at radius 2 is 1.35 bits per heavy atom. The fourth-order valence-corrected chi connectivity index (χ4v) is 4.53. The molecule has 2 aromatic rings. The van der Waals surface area contributed by atoms with Crippen LogP contribution in [0.15, 0.2) is 54.6 Å². The van der Waals surface area contributed by atoms with Gasteiger partial charge in [-0.1, -0.05) is 50.2 Å². The zero-order valence-electron chi connectivity index (χ0n) is 26.4. The van der Waals surface area contributed by atoms with E-state index in [9.17, 15) is 48.9 Å². The number of anilines is 1. The second-order valence-corrected chi connectivity index (χ2v) is 11.4. The molecule has 0 aliphatic heterocycles. The van der Waals surface area contributed by atoms with E-state index in [-0.39, 0.29) is 30.5 Å². The lowest BCUT2D eigenvalue weighted by atomic mass is 9.98. The number of carboxylic acids is 3. The van der Waals surface area contributed by atoms with Crippen LogP contribution in [0.3, 0.4) is 0 Å². The van der Waals surface area contributed by atoms with Crippen LogP contribution in [0.5, 0.6) is 0 Å². The first-order valence-electron chi connectivity index (χ1n) is 15.1. The fraction of sp³-hybridized carbons (Fsp3) is 0.406. The standard InChI is InChI=1S/C32H41N5O11/c1-17(2)26(37-28(43)21(33)11-13-24(38)39)30(45)35-22(12-14-25(40)41)29(44)36-23(15-18-7-4-3-5-8-18)27(42)31(46)34-20-10-6-9-19(16-20)32(47)48/h3-10,16-17,21-23,26-27,42H,11-15,33H2,1-2H3,(H,34,46)(H,35,45)(H,36,44)(H,37,43)(H,38,39)(H,40,41)(H,47,48)/t21-,22-,23-,26-,27+/m0/s1. The average molecular weight is 672 g/mol. The SMILES string of the molecule is CC(C)[C@H](NC(=O)[C@@H](N)CCC(=O)O)C(=O)N[C@@H](CCC(=O)O)C(=O)N[C@@H](Cc1ccccc1)[C@@H](O)C(=O)Nc1cccc(C(=O)O)c1. The highest BCUT2D eigenvalue weighted by Crippen LogP contribution is 2.14. The molecule has 4 amide bonds. The van der Waals surface area contributed by atoms with Crippen molar-refractivity contribution in [3.05, 3.63) is 65.7 Å². The number of hydrogen-bond acceptors (Lipinski definition) is 9. The van der Waals surface area contributed by atoms with Gasteiger partial charge in [-0.2, -0.15) is 0 Å². The zero-order chi connectivity index (χ0) is 36.0. The first-order valence-corrected chi connectivity index (χ1v) is 15.1. The maximum absolute atomic E-state index is 13.6. The number of hydrogen-bond donors (Lipinski definition) is 9. The maximum atomic E-state index is 13.6. The van der Waals surface area contributed by atoms with Crippen molar-refractivity contribution in [3.8, 4) is 0 Å². The summed E-state index contributed by atoms with van der Waals surface area (Å²) in [5.41, 5.74) is 6.32. The van der Waals surface area contributed by atoms with Crippen molar-refractivity contribution < 1.29 is 54.0 Å². The Morgan fingerprint density at radius 3 is 1.94 bits per heavy atom. The predicted octanol–water partition coefficient (Wildman–Crippen LogP) is 0.0942. The van der Waals surface area contributed by atoms with Gasteiger partial charge in [0.2, 0.25) is 17.7 Å². The molecule has 0 aliphatic rings. The van der Waals surface area contributed by atoms with Gasteiger partial charge in [-0.05, 0) is 48.9 Å². The van der Waals surface area contributed by atoms with Gasteiger partial charge in [0.1, 0.15) is 12.1 Å². The minimum absolute atomic E-state index is 0.0692. The highest BCUT2D eigenvalue weighted by atomic mass is 16.4. The third-order valence-corrected chi connectivity index (χ3v) is 7.19. The largest absolute Gasteiger partial charge is 0.481 e. The molecule has 0 saturated carbocycles. The van der Waals surface area contributed by atoms with Gasteiger partial charge in [-0.25, -0.2) is 4.79 Å². The van der Waals surface area contributed by atoms with Crippen LogP contribution in [-0.2, 0) is 35.2 Å². The molecule has 0 radical (unpaired) electrons. The van der Waals surface area contributed by atoms with Crippen LogP contribution in [-0.4, -0.2) is 92.2 Å². The van der Waals surface area contributed by atoms with Gasteiger partial charge in [-0.15, -0.1) is 0 Å². The van der Waals surface area contributed by atoms with Crippen LogP contribution in [0.1, 0.15) is 55.5 Å². The number of aliphatic hydroxyl groups excluding tert-OH is 1. The van der Waals surface area contributed by atoms with E-state index >= 15 is 0 Å². The lowest BCUT2D eigenvalue weighted by Gasteiger charge is -2.28. The first kappa shape index (κ1) is 38.8. The fourth-order valence-electron chi connectivity index (χ4n) is 4.53. The lowest BCUT2D eigenvalue weighted by Crippen LogP contribution is -2.59. The summed E-state index contributed by atoms with van der Waals surface area (Å²) in [6.07, 6.45) is -3.49. The number of carboxylic acid groups (broad SMARTS) is 3.